The number of aldehydes is 1. The van der Waals surface area contributed by atoms with Crippen LogP contribution in [0.15, 0.2) is 24.7 Å². The van der Waals surface area contributed by atoms with Gasteiger partial charge in [-0.3, -0.25) is 10.0 Å². The van der Waals surface area contributed by atoms with Crippen LogP contribution in [0.2, 0.25) is 0 Å². The normalized spacial score (nSPS) is 11.1. The third-order valence-electron chi connectivity index (χ3n) is 1.63. The second kappa shape index (κ2) is 4.76. The molecule has 0 saturated heterocycles. The van der Waals surface area contributed by atoms with Crippen molar-refractivity contribution < 1.29 is 14.7 Å². The third kappa shape index (κ3) is 2.32. The highest BCUT2D eigenvalue weighted by atomic mass is 79.9. The fraction of sp³-hybridized carbons (Fsp3) is 0.111. The third-order valence-corrected chi connectivity index (χ3v) is 2.29. The van der Waals surface area contributed by atoms with E-state index in [2.05, 4.69) is 21.2 Å². The molecular formula is C9H10BrN2O2+. The van der Waals surface area contributed by atoms with Gasteiger partial charge in [0.1, 0.15) is 0 Å². The number of nitrogens with one attached hydrogen (secondary N) is 1. The van der Waals surface area contributed by atoms with Gasteiger partial charge in [0, 0.05) is 34.1 Å². The SMILES string of the molecule is CN/C=C(/Br)c1cc[n+](O)cc1C=O. The first-order valence-electron chi connectivity index (χ1n) is 3.92. The van der Waals surface area contributed by atoms with Crippen molar-refractivity contribution in [1.82, 2.24) is 5.32 Å². The van der Waals surface area contributed by atoms with Crippen LogP contribution >= 0.6 is 15.9 Å². The molecule has 1 rings (SSSR count). The Labute approximate surface area is 90.0 Å². The van der Waals surface area contributed by atoms with E-state index in [0.29, 0.717) is 11.8 Å². The Morgan fingerprint density at radius 1 is 1.71 bits per heavy atom. The summed E-state index contributed by atoms with van der Waals surface area (Å²) in [4.78, 5) is 10.7. The summed E-state index contributed by atoms with van der Waals surface area (Å²) in [5, 5.41) is 11.9. The van der Waals surface area contributed by atoms with Gasteiger partial charge < -0.3 is 5.32 Å². The van der Waals surface area contributed by atoms with Crippen molar-refractivity contribution in [1.29, 1.82) is 0 Å². The predicted molar refractivity (Wildman–Crippen MR) is 55.2 cm³/mol. The number of halogens is 1. The van der Waals surface area contributed by atoms with Gasteiger partial charge in [0.25, 0.3) is 0 Å². The smallest absolute Gasteiger partial charge is 0.233 e. The molecule has 2 N–H and O–H groups in total. The second-order valence-electron chi connectivity index (χ2n) is 2.59. The van der Waals surface area contributed by atoms with Crippen LogP contribution in [0.3, 0.4) is 0 Å². The average molecular weight is 258 g/mol. The number of carbonyl (C=O) groups excluding carboxylic acids is 1. The molecule has 1 aromatic heterocycles. The van der Waals surface area contributed by atoms with E-state index in [0.717, 1.165) is 14.8 Å². The van der Waals surface area contributed by atoms with Gasteiger partial charge in [-0.2, -0.15) is 0 Å². The van der Waals surface area contributed by atoms with Crippen molar-refractivity contribution in [3.05, 3.63) is 35.8 Å². The molecule has 1 heterocycles. The highest BCUT2D eigenvalue weighted by Gasteiger charge is 2.10. The number of pyridine rings is 1. The van der Waals surface area contributed by atoms with Crippen LogP contribution in [0, 0.1) is 0 Å². The van der Waals surface area contributed by atoms with Crippen molar-refractivity contribution in [2.75, 3.05) is 7.05 Å². The lowest BCUT2D eigenvalue weighted by molar-refractivity contribution is -0.904. The second-order valence-corrected chi connectivity index (χ2v) is 3.45. The molecule has 0 unspecified atom stereocenters. The Hall–Kier alpha value is -1.36. The number of carbonyl (C=O) groups is 1. The molecule has 0 radical (unpaired) electrons. The Balaban J connectivity index is 3.20. The summed E-state index contributed by atoms with van der Waals surface area (Å²) in [5.41, 5.74) is 1.13. The molecule has 0 bridgehead atoms. The molecule has 0 atom stereocenters. The monoisotopic (exact) mass is 257 g/mol. The molecule has 0 aliphatic carbocycles. The minimum atomic E-state index is 0.411. The molecule has 5 heteroatoms. The molecule has 74 valence electrons. The van der Waals surface area contributed by atoms with Crippen molar-refractivity contribution >= 4 is 26.7 Å². The van der Waals surface area contributed by atoms with Crippen LogP contribution in [0.4, 0.5) is 0 Å². The van der Waals surface area contributed by atoms with Gasteiger partial charge in [0.05, 0.1) is 5.56 Å². The van der Waals surface area contributed by atoms with E-state index in [9.17, 15) is 4.79 Å². The summed E-state index contributed by atoms with van der Waals surface area (Å²) >= 11 is 3.31. The summed E-state index contributed by atoms with van der Waals surface area (Å²) < 4.78 is 1.59. The molecule has 0 fully saturated rings. The van der Waals surface area contributed by atoms with E-state index >= 15 is 0 Å². The first kappa shape index (κ1) is 10.7. The van der Waals surface area contributed by atoms with Crippen LogP contribution < -0.4 is 10.0 Å². The fourth-order valence-corrected chi connectivity index (χ4v) is 1.61. The molecule has 0 aliphatic heterocycles. The van der Waals surface area contributed by atoms with E-state index < -0.39 is 0 Å². The van der Waals surface area contributed by atoms with Gasteiger partial charge in [0.15, 0.2) is 6.29 Å². The van der Waals surface area contributed by atoms with Crippen LogP contribution in [-0.2, 0) is 0 Å². The van der Waals surface area contributed by atoms with Crippen LogP contribution in [-0.4, -0.2) is 18.5 Å². The molecular weight excluding hydrogens is 248 g/mol. The van der Waals surface area contributed by atoms with E-state index in [4.69, 9.17) is 5.21 Å². The molecule has 14 heavy (non-hydrogen) atoms. The Morgan fingerprint density at radius 2 is 2.43 bits per heavy atom. The minimum Gasteiger partial charge on any atom is -0.393 e. The first-order valence-corrected chi connectivity index (χ1v) is 4.71. The number of hydrogen-bond acceptors (Lipinski definition) is 3. The number of nitrogens with zero attached hydrogens (tertiary/aromatic N) is 1. The van der Waals surface area contributed by atoms with Gasteiger partial charge in [-0.15, -0.1) is 0 Å². The highest BCUT2D eigenvalue weighted by molar-refractivity contribution is 9.15. The van der Waals surface area contributed by atoms with Crippen molar-refractivity contribution in [2.24, 2.45) is 0 Å². The minimum absolute atomic E-state index is 0.411. The summed E-state index contributed by atoms with van der Waals surface area (Å²) in [7, 11) is 1.76. The molecule has 0 aromatic carbocycles. The lowest BCUT2D eigenvalue weighted by Crippen LogP contribution is -2.29. The summed E-state index contributed by atoms with van der Waals surface area (Å²) in [5.74, 6) is 0. The van der Waals surface area contributed by atoms with Gasteiger partial charge in [-0.1, -0.05) is 0 Å². The van der Waals surface area contributed by atoms with Gasteiger partial charge >= 0.3 is 0 Å². The largest absolute Gasteiger partial charge is 0.393 e. The fourth-order valence-electron chi connectivity index (χ4n) is 1.02. The zero-order valence-electron chi connectivity index (χ0n) is 7.57. The quantitative estimate of drug-likeness (QED) is 0.482. The van der Waals surface area contributed by atoms with Crippen molar-refractivity contribution in [2.45, 2.75) is 0 Å². The maximum absolute atomic E-state index is 10.7. The molecule has 0 amide bonds. The highest BCUT2D eigenvalue weighted by Crippen LogP contribution is 2.21. The van der Waals surface area contributed by atoms with Crippen molar-refractivity contribution in [3.8, 4) is 0 Å². The van der Waals surface area contributed by atoms with Crippen LogP contribution in [0.1, 0.15) is 15.9 Å². The molecule has 0 spiro atoms. The lowest BCUT2D eigenvalue weighted by atomic mass is 10.1. The van der Waals surface area contributed by atoms with Gasteiger partial charge in [0.2, 0.25) is 12.4 Å². The Kier molecular flexibility index (Phi) is 3.64. The first-order chi connectivity index (χ1) is 6.69. The molecule has 0 saturated carbocycles. The average Bonchev–Trinajstić information content (AvgIpc) is 2.17. The standard InChI is InChI=1S/C9H9BrN2O2/c1-11-4-9(10)8-2-3-12(14)5-7(8)6-13/h2-6,14H,1H3/p+1. The predicted octanol–water partition coefficient (Wildman–Crippen LogP) is 0.937. The molecule has 4 nitrogen and oxygen atoms in total. The van der Waals surface area contributed by atoms with E-state index in [1.807, 2.05) is 0 Å². The number of aromatic nitrogens is 1. The summed E-state index contributed by atoms with van der Waals surface area (Å²) in [6.45, 7) is 0. The summed E-state index contributed by atoms with van der Waals surface area (Å²) in [6, 6.07) is 1.64. The zero-order valence-corrected chi connectivity index (χ0v) is 9.15. The van der Waals surface area contributed by atoms with Crippen LogP contribution in [0.5, 0.6) is 0 Å². The van der Waals surface area contributed by atoms with E-state index in [-0.39, 0.29) is 0 Å². The molecule has 0 aliphatic rings. The maximum Gasteiger partial charge on any atom is 0.233 e. The van der Waals surface area contributed by atoms with Crippen LogP contribution in [0.25, 0.3) is 4.48 Å². The van der Waals surface area contributed by atoms with Gasteiger partial charge in [-0.05, 0) is 15.9 Å². The zero-order chi connectivity index (χ0) is 10.6. The lowest BCUT2D eigenvalue weighted by Gasteiger charge is -2.00. The Bertz CT molecular complexity index is 377. The number of hydrogen-bond donors (Lipinski definition) is 2. The van der Waals surface area contributed by atoms with E-state index in [1.54, 1.807) is 19.3 Å². The van der Waals surface area contributed by atoms with Crippen molar-refractivity contribution in [3.63, 3.8) is 0 Å². The van der Waals surface area contributed by atoms with Gasteiger partial charge in [-0.25, -0.2) is 0 Å². The molecule has 1 aromatic rings. The summed E-state index contributed by atoms with van der Waals surface area (Å²) in [6.07, 6.45) is 5.19. The Morgan fingerprint density at radius 3 is 3.00 bits per heavy atom. The maximum atomic E-state index is 10.7. The topological polar surface area (TPSA) is 53.2 Å². The number of rotatable bonds is 3. The van der Waals surface area contributed by atoms with E-state index in [1.165, 1.54) is 12.4 Å².